The first kappa shape index (κ1) is 46.1. The van der Waals surface area contributed by atoms with Crippen LogP contribution in [0.3, 0.4) is 0 Å². The first-order valence-electron chi connectivity index (χ1n) is 21.7. The second kappa shape index (κ2) is 20.8. The molecule has 2 aliphatic rings. The van der Waals surface area contributed by atoms with Crippen LogP contribution in [0.25, 0.3) is 6.08 Å². The minimum Gasteiger partial charge on any atom is -0.508 e. The lowest BCUT2D eigenvalue weighted by atomic mass is 9.91. The summed E-state index contributed by atoms with van der Waals surface area (Å²) in [5, 5.41) is 25.8. The number of carbonyl (C=O) groups is 4. The fourth-order valence-electron chi connectivity index (χ4n) is 7.85. The standard InChI is InChI=1S/C53H54N2O10/c1-52(2,3)64-47(58)28-27-43(34-56)55-50(60)38-20-14-17-36(30-38)33-54-49(59)40-31-45(62-51(61)39-21-13-16-35(29-39)15-12-19-37-18-10-11-26-44(37)57)48-46(32-40)63-53(65-48,41-22-6-4-7-23-41)42-24-8-5-9-25-42/h4-18,20-26,29-30,32,43,45-46,48,56-57H,19,27-28,31,33-34H2,1-3H3,(H,54,59)(H,55,60). The quantitative estimate of drug-likeness (QED) is 0.0721. The van der Waals surface area contributed by atoms with Crippen LogP contribution in [0.15, 0.2) is 151 Å². The lowest BCUT2D eigenvalue weighted by Gasteiger charge is -2.31. The summed E-state index contributed by atoms with van der Waals surface area (Å²) < 4.78 is 25.4. The number of aliphatic hydroxyl groups is 1. The van der Waals surface area contributed by atoms with Crippen molar-refractivity contribution in [2.75, 3.05) is 6.61 Å². The van der Waals surface area contributed by atoms with Gasteiger partial charge in [-0.2, -0.15) is 0 Å². The number of ether oxygens (including phenoxy) is 4. The molecule has 0 saturated carbocycles. The van der Waals surface area contributed by atoms with Crippen LogP contribution in [0.4, 0.5) is 0 Å². The second-order valence-corrected chi connectivity index (χ2v) is 17.1. The summed E-state index contributed by atoms with van der Waals surface area (Å²) in [5.74, 6) is -3.06. The Bertz CT molecular complexity index is 2490. The summed E-state index contributed by atoms with van der Waals surface area (Å²) in [5.41, 5.74) is 3.93. The number of esters is 2. The SMILES string of the molecule is CC(C)(C)OC(=O)CCC(CO)NC(=O)c1cccc(CNC(=O)C2=CC3OC(c4ccccc4)(c4ccccc4)OC3C(OC(=O)c3cccc(C=CCc4ccccc4O)c3)C2)c1. The summed E-state index contributed by atoms with van der Waals surface area (Å²) >= 11 is 0. The van der Waals surface area contributed by atoms with E-state index in [0.717, 1.165) is 22.3 Å². The minimum absolute atomic E-state index is 0.0240. The minimum atomic E-state index is -1.38. The van der Waals surface area contributed by atoms with E-state index in [1.165, 1.54) is 0 Å². The lowest BCUT2D eigenvalue weighted by molar-refractivity contribution is -0.157. The molecule has 4 N–H and O–H groups in total. The van der Waals surface area contributed by atoms with Gasteiger partial charge in [0.25, 0.3) is 5.91 Å². The molecule has 1 aliphatic heterocycles. The third-order valence-corrected chi connectivity index (χ3v) is 11.0. The summed E-state index contributed by atoms with van der Waals surface area (Å²) in [4.78, 5) is 53.5. The first-order chi connectivity index (χ1) is 31.3. The zero-order valence-electron chi connectivity index (χ0n) is 36.6. The van der Waals surface area contributed by atoms with E-state index < -0.39 is 59.5 Å². The predicted octanol–water partition coefficient (Wildman–Crippen LogP) is 7.72. The van der Waals surface area contributed by atoms with Gasteiger partial charge in [-0.1, -0.05) is 115 Å². The molecule has 65 heavy (non-hydrogen) atoms. The smallest absolute Gasteiger partial charge is 0.338 e. The van der Waals surface area contributed by atoms with Gasteiger partial charge in [0, 0.05) is 41.6 Å². The number of aliphatic hydroxyl groups excluding tert-OH is 1. The molecule has 12 nitrogen and oxygen atoms in total. The van der Waals surface area contributed by atoms with Crippen LogP contribution in [-0.4, -0.2) is 70.5 Å². The summed E-state index contributed by atoms with van der Waals surface area (Å²) in [7, 11) is 0. The van der Waals surface area contributed by atoms with E-state index in [2.05, 4.69) is 10.6 Å². The number of phenolic OH excluding ortho intramolecular Hbond substituents is 1. The van der Waals surface area contributed by atoms with Crippen molar-refractivity contribution in [2.45, 2.75) is 88.7 Å². The molecule has 2 amide bonds. The Kier molecular flexibility index (Phi) is 14.7. The van der Waals surface area contributed by atoms with Crippen LogP contribution < -0.4 is 10.6 Å². The summed E-state index contributed by atoms with van der Waals surface area (Å²) in [6.07, 6.45) is 3.72. The van der Waals surface area contributed by atoms with Crippen molar-refractivity contribution in [2.24, 2.45) is 0 Å². The van der Waals surface area contributed by atoms with Crippen LogP contribution >= 0.6 is 0 Å². The highest BCUT2D eigenvalue weighted by Gasteiger charge is 2.55. The molecular weight excluding hydrogens is 825 g/mol. The number of carbonyl (C=O) groups excluding carboxylic acids is 4. The van der Waals surface area contributed by atoms with Gasteiger partial charge < -0.3 is 39.8 Å². The maximum Gasteiger partial charge on any atom is 0.338 e. The van der Waals surface area contributed by atoms with Crippen LogP contribution in [0, 0.1) is 0 Å². The molecule has 0 bridgehead atoms. The van der Waals surface area contributed by atoms with Gasteiger partial charge in [0.2, 0.25) is 11.7 Å². The maximum atomic E-state index is 14.1. The number of amides is 2. The number of hydrogen-bond acceptors (Lipinski definition) is 10. The van der Waals surface area contributed by atoms with E-state index in [0.29, 0.717) is 28.7 Å². The number of fused-ring (bicyclic) bond motifs is 1. The number of rotatable bonds is 16. The third-order valence-electron chi connectivity index (χ3n) is 11.0. The Morgan fingerprint density at radius 2 is 1.49 bits per heavy atom. The molecule has 1 heterocycles. The largest absolute Gasteiger partial charge is 0.508 e. The fraction of sp³-hybridized carbons (Fsp3) is 0.283. The zero-order chi connectivity index (χ0) is 46.0. The van der Waals surface area contributed by atoms with E-state index in [-0.39, 0.29) is 38.2 Å². The van der Waals surface area contributed by atoms with Crippen molar-refractivity contribution in [3.8, 4) is 5.75 Å². The topological polar surface area (TPSA) is 170 Å². The molecule has 1 fully saturated rings. The molecule has 0 aromatic heterocycles. The predicted molar refractivity (Wildman–Crippen MR) is 244 cm³/mol. The molecule has 1 saturated heterocycles. The molecule has 4 atom stereocenters. The molecule has 12 heteroatoms. The van der Waals surface area contributed by atoms with Crippen LogP contribution in [0.2, 0.25) is 0 Å². The summed E-state index contributed by atoms with van der Waals surface area (Å²) in [6, 6.07) is 39.2. The maximum absolute atomic E-state index is 14.1. The van der Waals surface area contributed by atoms with E-state index >= 15 is 0 Å². The number of hydrogen-bond donors (Lipinski definition) is 4. The number of para-hydroxylation sites is 1. The summed E-state index contributed by atoms with van der Waals surface area (Å²) in [6.45, 7) is 5.01. The van der Waals surface area contributed by atoms with Crippen molar-refractivity contribution in [3.63, 3.8) is 0 Å². The highest BCUT2D eigenvalue weighted by atomic mass is 16.8. The van der Waals surface area contributed by atoms with E-state index in [4.69, 9.17) is 18.9 Å². The van der Waals surface area contributed by atoms with Crippen molar-refractivity contribution in [1.82, 2.24) is 10.6 Å². The van der Waals surface area contributed by atoms with Gasteiger partial charge in [-0.3, -0.25) is 14.4 Å². The average Bonchev–Trinajstić information content (AvgIpc) is 3.72. The Labute approximate surface area is 378 Å². The first-order valence-corrected chi connectivity index (χ1v) is 21.7. The highest BCUT2D eigenvalue weighted by Crippen LogP contribution is 2.47. The zero-order valence-corrected chi connectivity index (χ0v) is 36.6. The molecule has 7 rings (SSSR count). The van der Waals surface area contributed by atoms with E-state index in [9.17, 15) is 29.4 Å². The number of phenols is 1. The number of benzene rings is 5. The van der Waals surface area contributed by atoms with Gasteiger partial charge in [-0.15, -0.1) is 0 Å². The Balaban J connectivity index is 1.08. The Morgan fingerprint density at radius 3 is 2.18 bits per heavy atom. The molecule has 4 unspecified atom stereocenters. The van der Waals surface area contributed by atoms with Crippen molar-refractivity contribution < 1.29 is 48.3 Å². The van der Waals surface area contributed by atoms with Gasteiger partial charge in [0.1, 0.15) is 29.7 Å². The van der Waals surface area contributed by atoms with Crippen molar-refractivity contribution in [1.29, 1.82) is 0 Å². The molecular formula is C53H54N2O10. The molecule has 0 radical (unpaired) electrons. The highest BCUT2D eigenvalue weighted by molar-refractivity contribution is 5.95. The van der Waals surface area contributed by atoms with Gasteiger partial charge >= 0.3 is 11.9 Å². The number of allylic oxidation sites excluding steroid dienone is 1. The number of aromatic hydroxyl groups is 1. The monoisotopic (exact) mass is 878 g/mol. The second-order valence-electron chi connectivity index (χ2n) is 17.1. The van der Waals surface area contributed by atoms with Gasteiger partial charge in [-0.05, 0) is 86.7 Å². The Hall–Kier alpha value is -6.86. The van der Waals surface area contributed by atoms with Gasteiger partial charge in [0.15, 0.2) is 0 Å². The normalized spacial score (nSPS) is 18.2. The molecule has 1 aliphatic carbocycles. The van der Waals surface area contributed by atoms with E-state index in [1.54, 1.807) is 81.4 Å². The van der Waals surface area contributed by atoms with E-state index in [1.807, 2.05) is 91.0 Å². The molecule has 5 aromatic rings. The fourth-order valence-corrected chi connectivity index (χ4v) is 7.85. The van der Waals surface area contributed by atoms with Crippen molar-refractivity contribution in [3.05, 3.63) is 190 Å². The average molecular weight is 879 g/mol. The molecule has 0 spiro atoms. The van der Waals surface area contributed by atoms with Gasteiger partial charge in [0.05, 0.1) is 18.2 Å². The molecule has 336 valence electrons. The third kappa shape index (κ3) is 11.8. The van der Waals surface area contributed by atoms with Crippen LogP contribution in [0.5, 0.6) is 5.75 Å². The lowest BCUT2D eigenvalue weighted by Crippen LogP contribution is -2.43. The van der Waals surface area contributed by atoms with Gasteiger partial charge in [-0.25, -0.2) is 4.79 Å². The Morgan fingerprint density at radius 1 is 0.815 bits per heavy atom. The van der Waals surface area contributed by atoms with Crippen molar-refractivity contribution >= 4 is 29.8 Å². The number of nitrogens with one attached hydrogen (secondary N) is 2. The van der Waals surface area contributed by atoms with Crippen LogP contribution in [0.1, 0.15) is 88.6 Å². The molecule has 5 aromatic carbocycles. The van der Waals surface area contributed by atoms with Crippen LogP contribution in [-0.2, 0) is 47.3 Å².